The SMILES string of the molecule is C=C/C=C(\C=C/C)OCCCCCC(F)(F)F. The van der Waals surface area contributed by atoms with Crippen LogP contribution in [0.4, 0.5) is 13.2 Å². The van der Waals surface area contributed by atoms with Crippen LogP contribution in [0.1, 0.15) is 32.6 Å². The summed E-state index contributed by atoms with van der Waals surface area (Å²) in [5.41, 5.74) is 0. The molecule has 0 aliphatic rings. The number of ether oxygens (including phenoxy) is 1. The lowest BCUT2D eigenvalue weighted by molar-refractivity contribution is -0.135. The molecule has 0 amide bonds. The second-order valence-corrected chi connectivity index (χ2v) is 3.58. The Balaban J connectivity index is 3.63. The molecular weight excluding hydrogens is 229 g/mol. The van der Waals surface area contributed by atoms with Crippen molar-refractivity contribution in [3.63, 3.8) is 0 Å². The molecule has 0 radical (unpaired) electrons. The topological polar surface area (TPSA) is 9.23 Å². The average molecular weight is 248 g/mol. The van der Waals surface area contributed by atoms with Crippen molar-refractivity contribution in [2.45, 2.75) is 38.8 Å². The van der Waals surface area contributed by atoms with Crippen LogP contribution in [0.3, 0.4) is 0 Å². The van der Waals surface area contributed by atoms with E-state index in [4.69, 9.17) is 4.74 Å². The molecule has 0 aliphatic heterocycles. The van der Waals surface area contributed by atoms with Crippen LogP contribution in [0.2, 0.25) is 0 Å². The molecule has 0 aromatic rings. The van der Waals surface area contributed by atoms with Gasteiger partial charge < -0.3 is 4.74 Å². The minimum atomic E-state index is -4.04. The number of allylic oxidation sites excluding steroid dienone is 4. The highest BCUT2D eigenvalue weighted by molar-refractivity contribution is 5.16. The van der Waals surface area contributed by atoms with Gasteiger partial charge in [-0.25, -0.2) is 0 Å². The fraction of sp³-hybridized carbons (Fsp3) is 0.538. The second kappa shape index (κ2) is 8.90. The molecule has 0 aromatic carbocycles. The predicted octanol–water partition coefficient (Wildman–Crippen LogP) is 4.77. The summed E-state index contributed by atoms with van der Waals surface area (Å²) in [6.07, 6.45) is 3.51. The highest BCUT2D eigenvalue weighted by Gasteiger charge is 2.25. The molecule has 0 bridgehead atoms. The number of hydrogen-bond donors (Lipinski definition) is 0. The summed E-state index contributed by atoms with van der Waals surface area (Å²) in [5, 5.41) is 0. The molecule has 0 rings (SSSR count). The Bertz CT molecular complexity index is 264. The van der Waals surface area contributed by atoms with Gasteiger partial charge in [-0.1, -0.05) is 18.7 Å². The van der Waals surface area contributed by atoms with E-state index in [1.165, 1.54) is 0 Å². The first-order valence-electron chi connectivity index (χ1n) is 5.64. The normalized spacial score (nSPS) is 13.1. The molecule has 1 nitrogen and oxygen atoms in total. The van der Waals surface area contributed by atoms with E-state index in [9.17, 15) is 13.2 Å². The summed E-state index contributed by atoms with van der Waals surface area (Å²) in [7, 11) is 0. The quantitative estimate of drug-likeness (QED) is 0.341. The molecule has 0 atom stereocenters. The van der Waals surface area contributed by atoms with Gasteiger partial charge in [0.05, 0.1) is 6.61 Å². The van der Waals surface area contributed by atoms with Gasteiger partial charge in [0.2, 0.25) is 0 Å². The first-order valence-corrected chi connectivity index (χ1v) is 5.64. The molecule has 0 spiro atoms. The van der Waals surface area contributed by atoms with Crippen LogP contribution in [-0.2, 0) is 4.74 Å². The van der Waals surface area contributed by atoms with E-state index in [0.717, 1.165) is 0 Å². The summed E-state index contributed by atoms with van der Waals surface area (Å²) < 4.78 is 40.9. The maximum atomic E-state index is 11.8. The molecule has 98 valence electrons. The lowest BCUT2D eigenvalue weighted by Crippen LogP contribution is -2.06. The van der Waals surface area contributed by atoms with Crippen LogP contribution in [0, 0.1) is 0 Å². The third kappa shape index (κ3) is 11.1. The Morgan fingerprint density at radius 3 is 2.47 bits per heavy atom. The van der Waals surface area contributed by atoms with Gasteiger partial charge in [-0.15, -0.1) is 0 Å². The Morgan fingerprint density at radius 2 is 1.94 bits per heavy atom. The zero-order chi connectivity index (χ0) is 13.1. The molecule has 0 unspecified atom stereocenters. The van der Waals surface area contributed by atoms with Crippen molar-refractivity contribution in [1.29, 1.82) is 0 Å². The van der Waals surface area contributed by atoms with Crippen LogP contribution in [0.15, 0.2) is 36.6 Å². The van der Waals surface area contributed by atoms with Gasteiger partial charge in [0, 0.05) is 6.42 Å². The summed E-state index contributed by atoms with van der Waals surface area (Å²) in [5.74, 6) is 0.679. The van der Waals surface area contributed by atoms with Crippen molar-refractivity contribution in [2.24, 2.45) is 0 Å². The van der Waals surface area contributed by atoms with E-state index >= 15 is 0 Å². The van der Waals surface area contributed by atoms with Gasteiger partial charge >= 0.3 is 6.18 Å². The van der Waals surface area contributed by atoms with Gasteiger partial charge in [-0.05, 0) is 38.3 Å². The van der Waals surface area contributed by atoms with Crippen molar-refractivity contribution in [3.8, 4) is 0 Å². The number of alkyl halides is 3. The van der Waals surface area contributed by atoms with Gasteiger partial charge in [0.15, 0.2) is 0 Å². The van der Waals surface area contributed by atoms with Crippen LogP contribution >= 0.6 is 0 Å². The number of hydrogen-bond acceptors (Lipinski definition) is 1. The van der Waals surface area contributed by atoms with Crippen molar-refractivity contribution < 1.29 is 17.9 Å². The predicted molar refractivity (Wildman–Crippen MR) is 63.6 cm³/mol. The maximum Gasteiger partial charge on any atom is 0.389 e. The third-order valence-corrected chi connectivity index (χ3v) is 1.99. The molecule has 4 heteroatoms. The first-order chi connectivity index (χ1) is 7.99. The summed E-state index contributed by atoms with van der Waals surface area (Å²) in [6, 6.07) is 0. The van der Waals surface area contributed by atoms with E-state index < -0.39 is 12.6 Å². The molecule has 0 N–H and O–H groups in total. The number of unbranched alkanes of at least 4 members (excludes halogenated alkanes) is 2. The van der Waals surface area contributed by atoms with Gasteiger partial charge in [-0.2, -0.15) is 13.2 Å². The molecule has 0 heterocycles. The summed E-state index contributed by atoms with van der Waals surface area (Å²) >= 11 is 0. The smallest absolute Gasteiger partial charge is 0.389 e. The van der Waals surface area contributed by atoms with Crippen LogP contribution in [0.5, 0.6) is 0 Å². The van der Waals surface area contributed by atoms with E-state index in [2.05, 4.69) is 6.58 Å². The molecule has 0 fully saturated rings. The minimum Gasteiger partial charge on any atom is -0.494 e. The maximum absolute atomic E-state index is 11.8. The molecule has 17 heavy (non-hydrogen) atoms. The highest BCUT2D eigenvalue weighted by Crippen LogP contribution is 2.22. The Hall–Kier alpha value is -1.19. The van der Waals surface area contributed by atoms with E-state index in [1.807, 2.05) is 13.0 Å². The first kappa shape index (κ1) is 15.8. The Morgan fingerprint density at radius 1 is 1.24 bits per heavy atom. The van der Waals surface area contributed by atoms with Gasteiger partial charge in [-0.3, -0.25) is 0 Å². The number of rotatable bonds is 8. The average Bonchev–Trinajstić information content (AvgIpc) is 2.22. The fourth-order valence-corrected chi connectivity index (χ4v) is 1.23. The third-order valence-electron chi connectivity index (χ3n) is 1.99. The lowest BCUT2D eigenvalue weighted by Gasteiger charge is -2.07. The minimum absolute atomic E-state index is 0.164. The van der Waals surface area contributed by atoms with Crippen LogP contribution in [-0.4, -0.2) is 12.8 Å². The standard InChI is InChI=1S/C13H19F3O/c1-3-8-12(9-4-2)17-11-7-5-6-10-13(14,15)16/h3-4,8-9H,1,5-7,10-11H2,2H3/b9-4-,12-8+. The number of halogens is 3. The molecule has 0 saturated carbocycles. The summed E-state index contributed by atoms with van der Waals surface area (Å²) in [6.45, 7) is 5.85. The Labute approximate surface area is 101 Å². The van der Waals surface area contributed by atoms with Gasteiger partial charge in [0.1, 0.15) is 5.76 Å². The van der Waals surface area contributed by atoms with Crippen LogP contribution < -0.4 is 0 Å². The van der Waals surface area contributed by atoms with E-state index in [1.54, 1.807) is 18.2 Å². The molecule has 0 aliphatic carbocycles. The fourth-order valence-electron chi connectivity index (χ4n) is 1.23. The van der Waals surface area contributed by atoms with Crippen molar-refractivity contribution >= 4 is 0 Å². The van der Waals surface area contributed by atoms with E-state index in [0.29, 0.717) is 25.2 Å². The van der Waals surface area contributed by atoms with Crippen molar-refractivity contribution in [2.75, 3.05) is 6.61 Å². The Kier molecular flexibility index (Phi) is 8.28. The van der Waals surface area contributed by atoms with E-state index in [-0.39, 0.29) is 6.42 Å². The summed E-state index contributed by atoms with van der Waals surface area (Å²) in [4.78, 5) is 0. The largest absolute Gasteiger partial charge is 0.494 e. The highest BCUT2D eigenvalue weighted by atomic mass is 19.4. The van der Waals surface area contributed by atoms with Crippen molar-refractivity contribution in [1.82, 2.24) is 0 Å². The molecular formula is C13H19F3O. The zero-order valence-corrected chi connectivity index (χ0v) is 10.1. The lowest BCUT2D eigenvalue weighted by atomic mass is 10.2. The van der Waals surface area contributed by atoms with Crippen LogP contribution in [0.25, 0.3) is 0 Å². The van der Waals surface area contributed by atoms with Crippen molar-refractivity contribution in [3.05, 3.63) is 36.6 Å². The zero-order valence-electron chi connectivity index (χ0n) is 10.1. The monoisotopic (exact) mass is 248 g/mol. The molecule has 0 saturated heterocycles. The van der Waals surface area contributed by atoms with Gasteiger partial charge in [0.25, 0.3) is 0 Å². The molecule has 0 aromatic heterocycles. The second-order valence-electron chi connectivity index (χ2n) is 3.58.